The smallest absolute Gasteiger partial charge is 0.289 e. The Balaban J connectivity index is 1.29. The molecule has 0 aliphatic carbocycles. The molecule has 150 valence electrons. The second-order valence-corrected chi connectivity index (χ2v) is 9.48. The highest BCUT2D eigenvalue weighted by molar-refractivity contribution is 7.91. The Kier molecular flexibility index (Phi) is 5.41. The second kappa shape index (κ2) is 7.97. The lowest BCUT2D eigenvalue weighted by Crippen LogP contribution is -2.52. The van der Waals surface area contributed by atoms with Gasteiger partial charge >= 0.3 is 0 Å². The Hall–Kier alpha value is -2.32. The van der Waals surface area contributed by atoms with E-state index in [9.17, 15) is 13.2 Å². The number of ether oxygens (including phenoxy) is 1. The van der Waals surface area contributed by atoms with Crippen molar-refractivity contribution in [2.24, 2.45) is 0 Å². The molecule has 2 aliphatic heterocycles. The Bertz CT molecular complexity index is 917. The van der Waals surface area contributed by atoms with Gasteiger partial charge in [-0.05, 0) is 30.7 Å². The number of piperazine rings is 1. The summed E-state index contributed by atoms with van der Waals surface area (Å²) in [5.41, 5.74) is 0. The van der Waals surface area contributed by atoms with Gasteiger partial charge in [-0.25, -0.2) is 8.42 Å². The molecule has 3 heterocycles. The molecule has 7 nitrogen and oxygen atoms in total. The van der Waals surface area contributed by atoms with Crippen molar-refractivity contribution in [1.82, 2.24) is 9.80 Å². The monoisotopic (exact) mass is 404 g/mol. The van der Waals surface area contributed by atoms with Crippen LogP contribution < -0.4 is 4.74 Å². The fourth-order valence-corrected chi connectivity index (χ4v) is 5.51. The van der Waals surface area contributed by atoms with Crippen LogP contribution in [0, 0.1) is 0 Å². The van der Waals surface area contributed by atoms with Crippen LogP contribution in [0.25, 0.3) is 0 Å². The molecule has 1 atom stereocenters. The third-order valence-corrected chi connectivity index (χ3v) is 7.07. The summed E-state index contributed by atoms with van der Waals surface area (Å²) in [6.45, 7) is 2.80. The molecule has 4 rings (SSSR count). The van der Waals surface area contributed by atoms with Crippen molar-refractivity contribution in [2.45, 2.75) is 19.1 Å². The van der Waals surface area contributed by atoms with Gasteiger partial charge in [-0.2, -0.15) is 0 Å². The van der Waals surface area contributed by atoms with Crippen molar-refractivity contribution < 1.29 is 22.4 Å². The number of benzene rings is 1. The number of carbonyl (C=O) groups is 1. The standard InChI is InChI=1S/C20H24N2O5S/c23-20(19-7-6-18(27-19)14-26-17-4-2-1-3-5-17)22-11-9-21(10-12-22)16-8-13-28(24,25)15-16/h1-7,16H,8-15H2/t16-/m0/s1. The number of carbonyl (C=O) groups excluding carboxylic acids is 1. The summed E-state index contributed by atoms with van der Waals surface area (Å²) in [4.78, 5) is 16.6. The third kappa shape index (κ3) is 4.39. The van der Waals surface area contributed by atoms with Crippen LogP contribution in [0.15, 0.2) is 46.9 Å². The molecule has 1 aromatic carbocycles. The SMILES string of the molecule is O=C(c1ccc(COc2ccccc2)o1)N1CCN([C@H]2CCS(=O)(=O)C2)CC1. The molecule has 8 heteroatoms. The Morgan fingerprint density at radius 1 is 1.07 bits per heavy atom. The zero-order valence-electron chi connectivity index (χ0n) is 15.6. The molecule has 1 amide bonds. The van der Waals surface area contributed by atoms with Crippen LogP contribution in [-0.4, -0.2) is 67.9 Å². The van der Waals surface area contributed by atoms with Crippen LogP contribution in [0.3, 0.4) is 0 Å². The highest BCUT2D eigenvalue weighted by Crippen LogP contribution is 2.20. The van der Waals surface area contributed by atoms with Crippen LogP contribution in [0.2, 0.25) is 0 Å². The minimum absolute atomic E-state index is 0.0904. The van der Waals surface area contributed by atoms with E-state index in [2.05, 4.69) is 4.90 Å². The first-order chi connectivity index (χ1) is 13.5. The van der Waals surface area contributed by atoms with Crippen molar-refractivity contribution in [3.63, 3.8) is 0 Å². The lowest BCUT2D eigenvalue weighted by Gasteiger charge is -2.37. The molecule has 2 saturated heterocycles. The maximum atomic E-state index is 12.7. The van der Waals surface area contributed by atoms with Crippen LogP contribution in [0.4, 0.5) is 0 Å². The molecule has 0 spiro atoms. The summed E-state index contributed by atoms with van der Waals surface area (Å²) in [6, 6.07) is 13.0. The number of nitrogens with zero attached hydrogens (tertiary/aromatic N) is 2. The Morgan fingerprint density at radius 2 is 1.82 bits per heavy atom. The summed E-state index contributed by atoms with van der Waals surface area (Å²) in [5, 5.41) is 0. The van der Waals surface area contributed by atoms with Gasteiger partial charge in [0, 0.05) is 32.2 Å². The fourth-order valence-electron chi connectivity index (χ4n) is 3.75. The van der Waals surface area contributed by atoms with E-state index in [-0.39, 0.29) is 30.1 Å². The second-order valence-electron chi connectivity index (χ2n) is 7.25. The van der Waals surface area contributed by atoms with Crippen molar-refractivity contribution in [3.8, 4) is 5.75 Å². The van der Waals surface area contributed by atoms with Crippen LogP contribution in [-0.2, 0) is 16.4 Å². The molecular weight excluding hydrogens is 380 g/mol. The molecule has 0 unspecified atom stereocenters. The topological polar surface area (TPSA) is 80.1 Å². The van der Waals surface area contributed by atoms with E-state index < -0.39 is 9.84 Å². The summed E-state index contributed by atoms with van der Waals surface area (Å²) >= 11 is 0. The van der Waals surface area contributed by atoms with E-state index >= 15 is 0 Å². The Morgan fingerprint density at radius 3 is 2.50 bits per heavy atom. The largest absolute Gasteiger partial charge is 0.486 e. The number of hydrogen-bond donors (Lipinski definition) is 0. The summed E-state index contributed by atoms with van der Waals surface area (Å²) < 4.78 is 34.7. The van der Waals surface area contributed by atoms with Gasteiger partial charge in [0.1, 0.15) is 18.1 Å². The van der Waals surface area contributed by atoms with Crippen molar-refractivity contribution in [3.05, 3.63) is 54.0 Å². The number of hydrogen-bond acceptors (Lipinski definition) is 6. The highest BCUT2D eigenvalue weighted by atomic mass is 32.2. The van der Waals surface area contributed by atoms with E-state index in [1.165, 1.54) is 0 Å². The van der Waals surface area contributed by atoms with Crippen LogP contribution in [0.5, 0.6) is 5.75 Å². The average Bonchev–Trinajstić information content (AvgIpc) is 3.33. The summed E-state index contributed by atoms with van der Waals surface area (Å²) in [5.74, 6) is 2.04. The molecule has 0 bridgehead atoms. The highest BCUT2D eigenvalue weighted by Gasteiger charge is 2.34. The van der Waals surface area contributed by atoms with E-state index in [1.54, 1.807) is 17.0 Å². The minimum Gasteiger partial charge on any atom is -0.486 e. The van der Waals surface area contributed by atoms with Gasteiger partial charge < -0.3 is 14.1 Å². The molecular formula is C20H24N2O5S. The lowest BCUT2D eigenvalue weighted by molar-refractivity contribution is 0.0555. The van der Waals surface area contributed by atoms with Crippen LogP contribution in [0.1, 0.15) is 22.7 Å². The number of furan rings is 1. The zero-order chi connectivity index (χ0) is 19.6. The molecule has 0 saturated carbocycles. The third-order valence-electron chi connectivity index (χ3n) is 5.32. The zero-order valence-corrected chi connectivity index (χ0v) is 16.4. The number of rotatable bonds is 5. The van der Waals surface area contributed by atoms with E-state index in [0.717, 1.165) is 5.75 Å². The first-order valence-corrected chi connectivity index (χ1v) is 11.3. The van der Waals surface area contributed by atoms with Gasteiger partial charge in [0.15, 0.2) is 15.6 Å². The quantitative estimate of drug-likeness (QED) is 0.756. The lowest BCUT2D eigenvalue weighted by atomic mass is 10.2. The van der Waals surface area contributed by atoms with E-state index in [4.69, 9.17) is 9.15 Å². The molecule has 2 aromatic rings. The predicted octanol–water partition coefficient (Wildman–Crippen LogP) is 1.80. The fraction of sp³-hybridized carbons (Fsp3) is 0.450. The number of para-hydroxylation sites is 1. The maximum absolute atomic E-state index is 12.7. The number of sulfone groups is 1. The van der Waals surface area contributed by atoms with Crippen molar-refractivity contribution in [2.75, 3.05) is 37.7 Å². The van der Waals surface area contributed by atoms with Gasteiger partial charge in [-0.3, -0.25) is 9.69 Å². The molecule has 2 aliphatic rings. The van der Waals surface area contributed by atoms with Gasteiger partial charge in [0.25, 0.3) is 5.91 Å². The van der Waals surface area contributed by atoms with Gasteiger partial charge in [0.05, 0.1) is 11.5 Å². The molecule has 0 radical (unpaired) electrons. The first-order valence-electron chi connectivity index (χ1n) is 9.50. The van der Waals surface area contributed by atoms with E-state index in [0.29, 0.717) is 44.1 Å². The van der Waals surface area contributed by atoms with Gasteiger partial charge in [-0.15, -0.1) is 0 Å². The van der Waals surface area contributed by atoms with Crippen molar-refractivity contribution >= 4 is 15.7 Å². The molecule has 28 heavy (non-hydrogen) atoms. The van der Waals surface area contributed by atoms with Gasteiger partial charge in [-0.1, -0.05) is 18.2 Å². The average molecular weight is 404 g/mol. The molecule has 1 aromatic heterocycles. The first kappa shape index (κ1) is 19.0. The number of amides is 1. The normalized spacial score (nSPS) is 22.3. The maximum Gasteiger partial charge on any atom is 0.289 e. The van der Waals surface area contributed by atoms with Gasteiger partial charge in [0.2, 0.25) is 0 Å². The minimum atomic E-state index is -2.89. The van der Waals surface area contributed by atoms with E-state index in [1.807, 2.05) is 30.3 Å². The summed E-state index contributed by atoms with van der Waals surface area (Å²) in [6.07, 6.45) is 0.694. The Labute approximate surface area is 164 Å². The molecule has 2 fully saturated rings. The van der Waals surface area contributed by atoms with Crippen LogP contribution >= 0.6 is 0 Å². The molecule has 0 N–H and O–H groups in total. The van der Waals surface area contributed by atoms with Crippen molar-refractivity contribution in [1.29, 1.82) is 0 Å². The predicted molar refractivity (Wildman–Crippen MR) is 104 cm³/mol. The summed E-state index contributed by atoms with van der Waals surface area (Å²) in [7, 11) is -2.89.